The number of hydrogen-bond donors (Lipinski definition) is 1. The molecule has 184 valence electrons. The van der Waals surface area contributed by atoms with Crippen LogP contribution >= 0.6 is 0 Å². The van der Waals surface area contributed by atoms with Crippen molar-refractivity contribution in [1.29, 1.82) is 5.26 Å². The molecule has 4 aromatic carbocycles. The number of nitrogens with zero attached hydrogens (tertiary/aromatic N) is 2. The summed E-state index contributed by atoms with van der Waals surface area (Å²) in [6, 6.07) is 24.6. The Morgan fingerprint density at radius 2 is 1.89 bits per heavy atom. The molecular formula is C29H23N3O5. The zero-order chi connectivity index (χ0) is 26.4. The number of rotatable bonds is 8. The summed E-state index contributed by atoms with van der Waals surface area (Å²) in [5.41, 5.74) is 2.45. The Labute approximate surface area is 213 Å². The zero-order valence-electron chi connectivity index (χ0n) is 20.2. The van der Waals surface area contributed by atoms with E-state index in [-0.39, 0.29) is 23.6 Å². The van der Waals surface area contributed by atoms with Crippen LogP contribution in [0.1, 0.15) is 16.7 Å². The third kappa shape index (κ3) is 5.74. The van der Waals surface area contributed by atoms with Gasteiger partial charge < -0.3 is 14.8 Å². The maximum absolute atomic E-state index is 12.8. The van der Waals surface area contributed by atoms with Crippen molar-refractivity contribution in [2.45, 2.75) is 13.5 Å². The first-order valence-corrected chi connectivity index (χ1v) is 11.3. The lowest BCUT2D eigenvalue weighted by Crippen LogP contribution is -2.13. The third-order valence-corrected chi connectivity index (χ3v) is 5.85. The summed E-state index contributed by atoms with van der Waals surface area (Å²) in [5, 5.41) is 25.4. The Morgan fingerprint density at radius 1 is 1.08 bits per heavy atom. The number of aryl methyl sites for hydroxylation is 1. The lowest BCUT2D eigenvalue weighted by atomic mass is 10.0. The number of nitrogens with one attached hydrogen (secondary N) is 1. The molecule has 0 saturated carbocycles. The van der Waals surface area contributed by atoms with Crippen LogP contribution in [0, 0.1) is 28.4 Å². The Bertz CT molecular complexity index is 1570. The molecule has 0 aliphatic rings. The molecule has 0 atom stereocenters. The van der Waals surface area contributed by atoms with Gasteiger partial charge >= 0.3 is 0 Å². The fourth-order valence-electron chi connectivity index (χ4n) is 3.87. The van der Waals surface area contributed by atoms with Crippen molar-refractivity contribution >= 4 is 34.1 Å². The topological polar surface area (TPSA) is 114 Å². The standard InChI is InChI=1S/C29H23N3O5/c1-19-10-11-20-6-3-4-9-26(20)27(19)18-37-28-16-25(36-2)13-12-21(28)14-22(17-30)29(33)31-23-7-5-8-24(15-23)32(34)35/h3-16H,18H2,1-2H3,(H,31,33)/b22-14+. The number of nitriles is 1. The molecule has 0 heterocycles. The number of amides is 1. The molecule has 0 spiro atoms. The van der Waals surface area contributed by atoms with Gasteiger partial charge in [-0.05, 0) is 47.5 Å². The van der Waals surface area contributed by atoms with E-state index in [2.05, 4.69) is 11.4 Å². The Morgan fingerprint density at radius 3 is 2.65 bits per heavy atom. The smallest absolute Gasteiger partial charge is 0.271 e. The second kappa shape index (κ2) is 11.1. The van der Waals surface area contributed by atoms with Crippen LogP contribution in [0.2, 0.25) is 0 Å². The lowest BCUT2D eigenvalue weighted by molar-refractivity contribution is -0.384. The molecule has 8 heteroatoms. The molecule has 4 aromatic rings. The predicted molar refractivity (Wildman–Crippen MR) is 141 cm³/mol. The number of ether oxygens (including phenoxy) is 2. The molecule has 0 bridgehead atoms. The summed E-state index contributed by atoms with van der Waals surface area (Å²) < 4.78 is 11.5. The van der Waals surface area contributed by atoms with Crippen LogP contribution in [0.5, 0.6) is 11.5 Å². The van der Waals surface area contributed by atoms with Crippen LogP contribution in [0.15, 0.2) is 84.4 Å². The quantitative estimate of drug-likeness (QED) is 0.135. The van der Waals surface area contributed by atoms with E-state index in [1.54, 1.807) is 18.2 Å². The number of carbonyl (C=O) groups excluding carboxylic acids is 1. The largest absolute Gasteiger partial charge is 0.497 e. The summed E-state index contributed by atoms with van der Waals surface area (Å²) in [7, 11) is 1.54. The monoisotopic (exact) mass is 493 g/mol. The molecular weight excluding hydrogens is 470 g/mol. The number of methoxy groups -OCH3 is 1. The van der Waals surface area contributed by atoms with Crippen LogP contribution < -0.4 is 14.8 Å². The van der Waals surface area contributed by atoms with Crippen molar-refractivity contribution in [2.24, 2.45) is 0 Å². The van der Waals surface area contributed by atoms with Crippen LogP contribution in [0.4, 0.5) is 11.4 Å². The van der Waals surface area contributed by atoms with Gasteiger partial charge in [0.05, 0.1) is 12.0 Å². The minimum absolute atomic E-state index is 0.171. The van der Waals surface area contributed by atoms with Gasteiger partial charge in [-0.25, -0.2) is 0 Å². The highest BCUT2D eigenvalue weighted by Gasteiger charge is 2.15. The van der Waals surface area contributed by atoms with Crippen LogP contribution in [0.3, 0.4) is 0 Å². The van der Waals surface area contributed by atoms with Crippen LogP contribution in [-0.2, 0) is 11.4 Å². The number of non-ortho nitro benzene ring substituents is 1. The van der Waals surface area contributed by atoms with Crippen molar-refractivity contribution in [3.05, 3.63) is 111 Å². The van der Waals surface area contributed by atoms with Gasteiger partial charge in [-0.2, -0.15) is 5.26 Å². The maximum atomic E-state index is 12.8. The maximum Gasteiger partial charge on any atom is 0.271 e. The van der Waals surface area contributed by atoms with Crippen molar-refractivity contribution in [3.8, 4) is 17.6 Å². The molecule has 0 aromatic heterocycles. The molecule has 8 nitrogen and oxygen atoms in total. The summed E-state index contributed by atoms with van der Waals surface area (Å²) in [4.78, 5) is 23.3. The molecule has 4 rings (SSSR count). The average Bonchev–Trinajstić information content (AvgIpc) is 2.91. The van der Waals surface area contributed by atoms with Crippen LogP contribution in [-0.4, -0.2) is 17.9 Å². The summed E-state index contributed by atoms with van der Waals surface area (Å²) in [5.74, 6) is 0.290. The number of hydrogen-bond acceptors (Lipinski definition) is 6. The fraction of sp³-hybridized carbons (Fsp3) is 0.103. The first-order valence-electron chi connectivity index (χ1n) is 11.3. The zero-order valence-corrected chi connectivity index (χ0v) is 20.2. The SMILES string of the molecule is COc1ccc(/C=C(\C#N)C(=O)Nc2cccc([N+](=O)[O-])c2)c(OCc2c(C)ccc3ccccc23)c1. The fourth-order valence-corrected chi connectivity index (χ4v) is 3.87. The van der Waals surface area contributed by atoms with Gasteiger partial charge in [-0.3, -0.25) is 14.9 Å². The van der Waals surface area contributed by atoms with E-state index < -0.39 is 10.8 Å². The minimum Gasteiger partial charge on any atom is -0.497 e. The molecule has 0 radical (unpaired) electrons. The Balaban J connectivity index is 1.63. The highest BCUT2D eigenvalue weighted by atomic mass is 16.6. The van der Waals surface area contributed by atoms with E-state index in [0.717, 1.165) is 21.9 Å². The molecule has 1 N–H and O–H groups in total. The highest BCUT2D eigenvalue weighted by Crippen LogP contribution is 2.30. The van der Waals surface area contributed by atoms with E-state index in [4.69, 9.17) is 9.47 Å². The second-order valence-corrected chi connectivity index (χ2v) is 8.21. The molecule has 0 saturated heterocycles. The summed E-state index contributed by atoms with van der Waals surface area (Å²) in [6.07, 6.45) is 1.41. The molecule has 37 heavy (non-hydrogen) atoms. The van der Waals surface area contributed by atoms with E-state index in [1.807, 2.05) is 43.3 Å². The molecule has 0 unspecified atom stereocenters. The second-order valence-electron chi connectivity index (χ2n) is 8.21. The van der Waals surface area contributed by atoms with Crippen molar-refractivity contribution in [2.75, 3.05) is 12.4 Å². The predicted octanol–water partition coefficient (Wildman–Crippen LogP) is 6.19. The summed E-state index contributed by atoms with van der Waals surface area (Å²) >= 11 is 0. The van der Waals surface area contributed by atoms with Gasteiger partial charge in [-0.15, -0.1) is 0 Å². The number of benzene rings is 4. The Kier molecular flexibility index (Phi) is 7.45. The van der Waals surface area contributed by atoms with E-state index >= 15 is 0 Å². The number of nitro benzene ring substituents is 1. The van der Waals surface area contributed by atoms with Crippen molar-refractivity contribution in [3.63, 3.8) is 0 Å². The molecule has 0 fully saturated rings. The number of carbonyl (C=O) groups is 1. The lowest BCUT2D eigenvalue weighted by Gasteiger charge is -2.15. The van der Waals surface area contributed by atoms with Gasteiger partial charge in [0.2, 0.25) is 0 Å². The average molecular weight is 494 g/mol. The third-order valence-electron chi connectivity index (χ3n) is 5.85. The normalized spacial score (nSPS) is 11.0. The van der Waals surface area contributed by atoms with E-state index in [0.29, 0.717) is 17.1 Å². The number of anilines is 1. The summed E-state index contributed by atoms with van der Waals surface area (Å²) in [6.45, 7) is 2.28. The van der Waals surface area contributed by atoms with Gasteiger partial charge in [-0.1, -0.05) is 42.5 Å². The van der Waals surface area contributed by atoms with Gasteiger partial charge in [0.25, 0.3) is 11.6 Å². The van der Waals surface area contributed by atoms with Gasteiger partial charge in [0, 0.05) is 35.0 Å². The van der Waals surface area contributed by atoms with E-state index in [1.165, 1.54) is 37.5 Å². The molecule has 0 aliphatic carbocycles. The number of nitro groups is 1. The van der Waals surface area contributed by atoms with Crippen LogP contribution in [0.25, 0.3) is 16.8 Å². The first-order chi connectivity index (χ1) is 17.9. The molecule has 0 aliphatic heterocycles. The number of fused-ring (bicyclic) bond motifs is 1. The first kappa shape index (κ1) is 24.9. The minimum atomic E-state index is -0.699. The highest BCUT2D eigenvalue weighted by molar-refractivity contribution is 6.10. The van der Waals surface area contributed by atoms with Gasteiger partial charge in [0.1, 0.15) is 29.7 Å². The Hall–Kier alpha value is -5.16. The van der Waals surface area contributed by atoms with Crippen molar-refractivity contribution < 1.29 is 19.2 Å². The van der Waals surface area contributed by atoms with Crippen molar-refractivity contribution in [1.82, 2.24) is 0 Å². The molecule has 1 amide bonds. The van der Waals surface area contributed by atoms with Gasteiger partial charge in [0.15, 0.2) is 0 Å². The van der Waals surface area contributed by atoms with E-state index in [9.17, 15) is 20.2 Å².